The van der Waals surface area contributed by atoms with Crippen molar-refractivity contribution in [2.75, 3.05) is 20.6 Å². The Hall–Kier alpha value is -2.37. The molecule has 1 unspecified atom stereocenters. The number of aromatic hydroxyl groups is 1. The Bertz CT molecular complexity index is 808. The van der Waals surface area contributed by atoms with E-state index in [-0.39, 0.29) is 11.8 Å². The summed E-state index contributed by atoms with van der Waals surface area (Å²) in [6.45, 7) is 1.78. The van der Waals surface area contributed by atoms with E-state index in [1.165, 1.54) is 0 Å². The van der Waals surface area contributed by atoms with Gasteiger partial charge in [0.25, 0.3) is 0 Å². The van der Waals surface area contributed by atoms with Gasteiger partial charge in [0.2, 0.25) is 0 Å². The number of para-hydroxylation sites is 2. The quantitative estimate of drug-likeness (QED) is 0.731. The summed E-state index contributed by atoms with van der Waals surface area (Å²) in [5.41, 5.74) is 9.67. The second kappa shape index (κ2) is 7.03. The van der Waals surface area contributed by atoms with Gasteiger partial charge in [-0.2, -0.15) is 0 Å². The number of phenols is 1. The van der Waals surface area contributed by atoms with Gasteiger partial charge in [0.1, 0.15) is 11.6 Å². The number of benzene rings is 2. The molecule has 1 aromatic heterocycles. The number of nitrogens with two attached hydrogens (primary N) is 1. The molecule has 2 aromatic carbocycles. The van der Waals surface area contributed by atoms with Gasteiger partial charge in [-0.3, -0.25) is 0 Å². The highest BCUT2D eigenvalue weighted by Crippen LogP contribution is 2.23. The molecule has 0 fully saturated rings. The van der Waals surface area contributed by atoms with Gasteiger partial charge in [-0.05, 0) is 50.3 Å². The summed E-state index contributed by atoms with van der Waals surface area (Å²) >= 11 is 0. The minimum Gasteiger partial charge on any atom is -0.508 e. The lowest BCUT2D eigenvalue weighted by molar-refractivity contribution is 0.380. The van der Waals surface area contributed by atoms with E-state index in [0.29, 0.717) is 6.42 Å². The Morgan fingerprint density at radius 3 is 2.54 bits per heavy atom. The lowest BCUT2D eigenvalue weighted by Gasteiger charge is -2.17. The highest BCUT2D eigenvalue weighted by molar-refractivity contribution is 5.76. The SMILES string of the molecule is CN(C)CCn1c(C(N)Cc2ccc(O)cc2)nc2ccccc21. The van der Waals surface area contributed by atoms with Crippen molar-refractivity contribution in [3.63, 3.8) is 0 Å². The largest absolute Gasteiger partial charge is 0.508 e. The van der Waals surface area contributed by atoms with Gasteiger partial charge in [0, 0.05) is 13.1 Å². The summed E-state index contributed by atoms with van der Waals surface area (Å²) in [6, 6.07) is 15.2. The minimum absolute atomic E-state index is 0.191. The van der Waals surface area contributed by atoms with E-state index in [1.807, 2.05) is 30.3 Å². The van der Waals surface area contributed by atoms with Gasteiger partial charge in [-0.25, -0.2) is 4.98 Å². The molecule has 3 N–H and O–H groups in total. The smallest absolute Gasteiger partial charge is 0.127 e. The van der Waals surface area contributed by atoms with E-state index >= 15 is 0 Å². The molecule has 5 nitrogen and oxygen atoms in total. The first kappa shape index (κ1) is 16.5. The predicted molar refractivity (Wildman–Crippen MR) is 97.0 cm³/mol. The standard InChI is InChI=1S/C19H24N4O/c1-22(2)11-12-23-18-6-4-3-5-17(18)21-19(23)16(20)13-14-7-9-15(24)10-8-14/h3-10,16,24H,11-13,20H2,1-2H3. The third-order valence-corrected chi connectivity index (χ3v) is 4.18. The maximum absolute atomic E-state index is 9.42. The van der Waals surface area contributed by atoms with E-state index < -0.39 is 0 Å². The molecule has 0 saturated carbocycles. The van der Waals surface area contributed by atoms with Crippen LogP contribution in [-0.2, 0) is 13.0 Å². The van der Waals surface area contributed by atoms with Gasteiger partial charge >= 0.3 is 0 Å². The molecule has 0 aliphatic rings. The van der Waals surface area contributed by atoms with E-state index in [1.54, 1.807) is 12.1 Å². The molecule has 0 radical (unpaired) electrons. The van der Waals surface area contributed by atoms with Crippen molar-refractivity contribution < 1.29 is 5.11 Å². The zero-order valence-electron chi connectivity index (χ0n) is 14.2. The fourth-order valence-corrected chi connectivity index (χ4v) is 2.89. The Morgan fingerprint density at radius 2 is 1.83 bits per heavy atom. The number of likely N-dealkylation sites (N-methyl/N-ethyl adjacent to an activating group) is 1. The molecule has 0 saturated heterocycles. The van der Waals surface area contributed by atoms with E-state index in [9.17, 15) is 5.11 Å². The van der Waals surface area contributed by atoms with Crippen LogP contribution in [0.5, 0.6) is 5.75 Å². The average Bonchev–Trinajstić information content (AvgIpc) is 2.94. The van der Waals surface area contributed by atoms with Crippen molar-refractivity contribution in [1.29, 1.82) is 0 Å². The molecule has 126 valence electrons. The summed E-state index contributed by atoms with van der Waals surface area (Å²) in [4.78, 5) is 6.93. The number of imidazole rings is 1. The number of aromatic nitrogens is 2. The highest BCUT2D eigenvalue weighted by atomic mass is 16.3. The number of fused-ring (bicyclic) bond motifs is 1. The molecule has 1 heterocycles. The molecule has 3 rings (SSSR count). The lowest BCUT2D eigenvalue weighted by Crippen LogP contribution is -2.23. The monoisotopic (exact) mass is 324 g/mol. The van der Waals surface area contributed by atoms with E-state index in [4.69, 9.17) is 10.7 Å². The van der Waals surface area contributed by atoms with Crippen molar-refractivity contribution >= 4 is 11.0 Å². The molecule has 0 amide bonds. The number of hydrogen-bond donors (Lipinski definition) is 2. The summed E-state index contributed by atoms with van der Waals surface area (Å²) in [5.74, 6) is 1.18. The zero-order chi connectivity index (χ0) is 17.1. The van der Waals surface area contributed by atoms with Gasteiger partial charge in [-0.1, -0.05) is 24.3 Å². The van der Waals surface area contributed by atoms with Crippen LogP contribution in [-0.4, -0.2) is 40.2 Å². The number of hydrogen-bond acceptors (Lipinski definition) is 4. The molecule has 0 spiro atoms. The minimum atomic E-state index is -0.191. The van der Waals surface area contributed by atoms with Crippen molar-refractivity contribution in [2.45, 2.75) is 19.0 Å². The van der Waals surface area contributed by atoms with Gasteiger partial charge < -0.3 is 20.3 Å². The van der Waals surface area contributed by atoms with Crippen molar-refractivity contribution in [3.8, 4) is 5.75 Å². The zero-order valence-corrected chi connectivity index (χ0v) is 14.2. The Morgan fingerprint density at radius 1 is 1.12 bits per heavy atom. The molecule has 0 aliphatic carbocycles. The lowest BCUT2D eigenvalue weighted by atomic mass is 10.1. The van der Waals surface area contributed by atoms with Crippen LogP contribution >= 0.6 is 0 Å². The van der Waals surface area contributed by atoms with Crippen LogP contribution in [0.15, 0.2) is 48.5 Å². The molecule has 0 aliphatic heterocycles. The van der Waals surface area contributed by atoms with Crippen molar-refractivity contribution in [3.05, 3.63) is 59.9 Å². The molecule has 0 bridgehead atoms. The maximum Gasteiger partial charge on any atom is 0.127 e. The third kappa shape index (κ3) is 3.58. The number of phenolic OH excluding ortho intramolecular Hbond substituents is 1. The first-order valence-electron chi connectivity index (χ1n) is 8.18. The number of rotatable bonds is 6. The fourth-order valence-electron chi connectivity index (χ4n) is 2.89. The van der Waals surface area contributed by atoms with Crippen LogP contribution in [0.3, 0.4) is 0 Å². The highest BCUT2D eigenvalue weighted by Gasteiger charge is 2.17. The fraction of sp³-hybridized carbons (Fsp3) is 0.316. The van der Waals surface area contributed by atoms with Crippen LogP contribution in [0.25, 0.3) is 11.0 Å². The summed E-state index contributed by atoms with van der Waals surface area (Å²) < 4.78 is 2.22. The number of nitrogens with zero attached hydrogens (tertiary/aromatic N) is 3. The van der Waals surface area contributed by atoms with Gasteiger partial charge in [-0.15, -0.1) is 0 Å². The van der Waals surface area contributed by atoms with E-state index in [2.05, 4.69) is 29.6 Å². The van der Waals surface area contributed by atoms with Crippen LogP contribution < -0.4 is 5.73 Å². The first-order chi connectivity index (χ1) is 11.5. The summed E-state index contributed by atoms with van der Waals surface area (Å²) in [6.07, 6.45) is 0.686. The van der Waals surface area contributed by atoms with Gasteiger partial charge in [0.05, 0.1) is 17.1 Å². The van der Waals surface area contributed by atoms with Gasteiger partial charge in [0.15, 0.2) is 0 Å². The Balaban J connectivity index is 1.91. The average molecular weight is 324 g/mol. The second-order valence-corrected chi connectivity index (χ2v) is 6.39. The van der Waals surface area contributed by atoms with Crippen LogP contribution in [0.1, 0.15) is 17.4 Å². The van der Waals surface area contributed by atoms with Crippen LogP contribution in [0.2, 0.25) is 0 Å². The van der Waals surface area contributed by atoms with Crippen molar-refractivity contribution in [2.24, 2.45) is 5.73 Å². The maximum atomic E-state index is 9.42. The third-order valence-electron chi connectivity index (χ3n) is 4.18. The summed E-state index contributed by atoms with van der Waals surface area (Å²) in [5, 5.41) is 9.42. The summed E-state index contributed by atoms with van der Waals surface area (Å²) in [7, 11) is 4.13. The normalized spacial score (nSPS) is 12.8. The van der Waals surface area contributed by atoms with Crippen molar-refractivity contribution in [1.82, 2.24) is 14.5 Å². The molecular formula is C19H24N4O. The van der Waals surface area contributed by atoms with Crippen LogP contribution in [0.4, 0.5) is 0 Å². The van der Waals surface area contributed by atoms with Crippen LogP contribution in [0, 0.1) is 0 Å². The molecular weight excluding hydrogens is 300 g/mol. The predicted octanol–water partition coefficient (Wildman–Crippen LogP) is 2.55. The Labute approximate surface area is 142 Å². The second-order valence-electron chi connectivity index (χ2n) is 6.39. The Kier molecular flexibility index (Phi) is 4.83. The first-order valence-corrected chi connectivity index (χ1v) is 8.18. The molecule has 24 heavy (non-hydrogen) atoms. The molecule has 3 aromatic rings. The molecule has 1 atom stereocenters. The molecule has 5 heteroatoms. The van der Waals surface area contributed by atoms with E-state index in [0.717, 1.165) is 35.5 Å². The topological polar surface area (TPSA) is 67.3 Å².